The Morgan fingerprint density at radius 2 is 0.694 bits per heavy atom. The third kappa shape index (κ3) is 5.26. The van der Waals surface area contributed by atoms with Gasteiger partial charge in [-0.15, -0.1) is 0 Å². The van der Waals surface area contributed by atoms with Gasteiger partial charge in [-0.3, -0.25) is 0 Å². The number of benzene rings is 10. The number of para-hydroxylation sites is 4. The zero-order valence-electron chi connectivity index (χ0n) is 34.2. The summed E-state index contributed by atoms with van der Waals surface area (Å²) < 4.78 is 13.2. The van der Waals surface area contributed by atoms with Crippen molar-refractivity contribution in [1.82, 2.24) is 0 Å². The van der Waals surface area contributed by atoms with Crippen molar-refractivity contribution < 1.29 is 8.83 Å². The predicted molar refractivity (Wildman–Crippen MR) is 259 cm³/mol. The molecule has 0 atom stereocenters. The average Bonchev–Trinajstić information content (AvgIpc) is 3.88. The maximum Gasteiger partial charge on any atom is 0.159 e. The van der Waals surface area contributed by atoms with Gasteiger partial charge in [0.05, 0.1) is 11.4 Å². The van der Waals surface area contributed by atoms with Crippen LogP contribution >= 0.6 is 0 Å². The van der Waals surface area contributed by atoms with Crippen molar-refractivity contribution in [2.75, 3.05) is 9.80 Å². The molecule has 0 fully saturated rings. The van der Waals surface area contributed by atoms with E-state index in [4.69, 9.17) is 8.83 Å². The van der Waals surface area contributed by atoms with Crippen molar-refractivity contribution in [3.8, 4) is 22.3 Å². The highest BCUT2D eigenvalue weighted by Gasteiger charge is 2.26. The topological polar surface area (TPSA) is 32.8 Å². The Morgan fingerprint density at radius 3 is 1.15 bits per heavy atom. The normalized spacial score (nSPS) is 12.0. The smallest absolute Gasteiger partial charge is 0.159 e. The standard InChI is InChI=1S/C58H38N2O2/c1-35-11-7-13-41(27-35)59(53-19-9-17-47-45-15-3-5-21-55(45)61-57(47)53)43-25-23-37-31-49-50-32-38-24-26-44(30-40(38)34-52(50)51(49)33-39(37)29-43)60(42-14-8-12-36(2)28-42)54-20-10-18-48-46-16-4-6-22-56(46)62-58(48)54/h3-34H,1-2H3. The quantitative estimate of drug-likeness (QED) is 0.168. The van der Waals surface area contributed by atoms with E-state index in [1.165, 1.54) is 54.9 Å². The zero-order valence-corrected chi connectivity index (χ0v) is 34.2. The molecule has 0 aliphatic heterocycles. The molecule has 0 spiro atoms. The van der Waals surface area contributed by atoms with Crippen molar-refractivity contribution in [1.29, 1.82) is 0 Å². The van der Waals surface area contributed by atoms with Crippen LogP contribution in [0.3, 0.4) is 0 Å². The fraction of sp³-hybridized carbons (Fsp3) is 0.0345. The molecule has 0 N–H and O–H groups in total. The second-order valence-corrected chi connectivity index (χ2v) is 16.7. The van der Waals surface area contributed by atoms with E-state index in [0.29, 0.717) is 0 Å². The Labute approximate surface area is 358 Å². The highest BCUT2D eigenvalue weighted by molar-refractivity contribution is 6.14. The van der Waals surface area contributed by atoms with Gasteiger partial charge in [0.2, 0.25) is 0 Å². The Hall–Kier alpha value is -8.08. The minimum absolute atomic E-state index is 0.878. The minimum atomic E-state index is 0.878. The Balaban J connectivity index is 0.935. The van der Waals surface area contributed by atoms with Crippen molar-refractivity contribution in [3.05, 3.63) is 205 Å². The fourth-order valence-electron chi connectivity index (χ4n) is 9.88. The van der Waals surface area contributed by atoms with Gasteiger partial charge in [0, 0.05) is 44.3 Å². The van der Waals surface area contributed by atoms with Gasteiger partial charge >= 0.3 is 0 Å². The van der Waals surface area contributed by atoms with E-state index in [0.717, 1.165) is 78.0 Å². The Morgan fingerprint density at radius 1 is 0.306 bits per heavy atom. The highest BCUT2D eigenvalue weighted by Crippen LogP contribution is 2.52. The van der Waals surface area contributed by atoms with Crippen LogP contribution in [0.25, 0.3) is 87.7 Å². The molecular formula is C58H38N2O2. The Kier molecular flexibility index (Phi) is 7.40. The van der Waals surface area contributed by atoms with Gasteiger partial charge in [0.1, 0.15) is 11.2 Å². The van der Waals surface area contributed by atoms with Gasteiger partial charge in [-0.2, -0.15) is 0 Å². The van der Waals surface area contributed by atoms with E-state index in [1.807, 2.05) is 12.1 Å². The van der Waals surface area contributed by atoms with Crippen molar-refractivity contribution in [2.24, 2.45) is 0 Å². The first-order valence-corrected chi connectivity index (χ1v) is 21.2. The van der Waals surface area contributed by atoms with Gasteiger partial charge in [-0.1, -0.05) is 97.1 Å². The monoisotopic (exact) mass is 794 g/mol. The molecule has 12 aromatic rings. The molecule has 62 heavy (non-hydrogen) atoms. The van der Waals surface area contributed by atoms with E-state index in [9.17, 15) is 0 Å². The molecule has 0 saturated heterocycles. The number of anilines is 6. The molecular weight excluding hydrogens is 757 g/mol. The third-order valence-corrected chi connectivity index (χ3v) is 12.8. The van der Waals surface area contributed by atoms with Crippen LogP contribution in [-0.4, -0.2) is 0 Å². The molecule has 4 heteroatoms. The SMILES string of the molecule is Cc1cccc(N(c2ccc3cc4c(cc3c2)-c2cc3cc(N(c5cccc(C)c5)c5cccc6c5oc5ccccc56)ccc3cc2-4)c2cccc3c2oc2ccccc23)c1. The summed E-state index contributed by atoms with van der Waals surface area (Å²) in [4.78, 5) is 4.68. The molecule has 1 aliphatic carbocycles. The van der Waals surface area contributed by atoms with Crippen LogP contribution in [0.5, 0.6) is 0 Å². The molecule has 0 bridgehead atoms. The summed E-state index contributed by atoms with van der Waals surface area (Å²) in [6.45, 7) is 4.30. The minimum Gasteiger partial charge on any atom is -0.454 e. The number of hydrogen-bond donors (Lipinski definition) is 0. The Bertz CT molecular complexity index is 3560. The van der Waals surface area contributed by atoms with Crippen LogP contribution in [0.4, 0.5) is 34.1 Å². The van der Waals surface area contributed by atoms with Crippen molar-refractivity contribution in [3.63, 3.8) is 0 Å². The maximum absolute atomic E-state index is 6.60. The summed E-state index contributed by atoms with van der Waals surface area (Å²) in [6, 6.07) is 70.1. The predicted octanol–water partition coefficient (Wildman–Crippen LogP) is 17.0. The molecule has 2 heterocycles. The first-order chi connectivity index (χ1) is 30.5. The van der Waals surface area contributed by atoms with E-state index in [-0.39, 0.29) is 0 Å². The molecule has 0 unspecified atom stereocenters. The van der Waals surface area contributed by atoms with Gasteiger partial charge < -0.3 is 18.6 Å². The first-order valence-electron chi connectivity index (χ1n) is 21.2. The van der Waals surface area contributed by atoms with E-state index in [1.54, 1.807) is 0 Å². The van der Waals surface area contributed by atoms with E-state index >= 15 is 0 Å². The molecule has 13 rings (SSSR count). The van der Waals surface area contributed by atoms with Crippen LogP contribution in [0, 0.1) is 13.8 Å². The molecule has 10 aromatic carbocycles. The molecule has 292 valence electrons. The number of furan rings is 2. The number of nitrogens with zero attached hydrogens (tertiary/aromatic N) is 2. The van der Waals surface area contributed by atoms with Crippen LogP contribution < -0.4 is 9.80 Å². The fourth-order valence-corrected chi connectivity index (χ4v) is 9.88. The van der Waals surface area contributed by atoms with Crippen LogP contribution in [0.2, 0.25) is 0 Å². The van der Waals surface area contributed by atoms with Crippen molar-refractivity contribution in [2.45, 2.75) is 13.8 Å². The average molecular weight is 795 g/mol. The summed E-state index contributed by atoms with van der Waals surface area (Å²) >= 11 is 0. The molecule has 0 amide bonds. The zero-order chi connectivity index (χ0) is 41.1. The molecule has 0 saturated carbocycles. The largest absolute Gasteiger partial charge is 0.454 e. The third-order valence-electron chi connectivity index (χ3n) is 12.8. The maximum atomic E-state index is 6.60. The van der Waals surface area contributed by atoms with Crippen LogP contribution in [-0.2, 0) is 0 Å². The lowest BCUT2D eigenvalue weighted by Gasteiger charge is -2.28. The molecule has 0 radical (unpaired) electrons. The second-order valence-electron chi connectivity index (χ2n) is 16.7. The highest BCUT2D eigenvalue weighted by atomic mass is 16.3. The van der Waals surface area contributed by atoms with Gasteiger partial charge in [0.25, 0.3) is 0 Å². The van der Waals surface area contributed by atoms with Crippen LogP contribution in [0.15, 0.2) is 203 Å². The lowest BCUT2D eigenvalue weighted by Crippen LogP contribution is -2.10. The van der Waals surface area contributed by atoms with Gasteiger partial charge in [0.15, 0.2) is 11.2 Å². The summed E-state index contributed by atoms with van der Waals surface area (Å²) in [5.41, 5.74) is 17.4. The summed E-state index contributed by atoms with van der Waals surface area (Å²) in [5.74, 6) is 0. The number of aryl methyl sites for hydroxylation is 2. The lowest BCUT2D eigenvalue weighted by molar-refractivity contribution is 0.668. The lowest BCUT2D eigenvalue weighted by atomic mass is 9.78. The van der Waals surface area contributed by atoms with Crippen LogP contribution in [0.1, 0.15) is 11.1 Å². The molecule has 1 aliphatic rings. The van der Waals surface area contributed by atoms with E-state index < -0.39 is 0 Å². The number of hydrogen-bond acceptors (Lipinski definition) is 4. The number of fused-ring (bicyclic) bond motifs is 12. The van der Waals surface area contributed by atoms with E-state index in [2.05, 4.69) is 206 Å². The summed E-state index contributed by atoms with van der Waals surface area (Å²) in [7, 11) is 0. The first kappa shape index (κ1) is 34.8. The van der Waals surface area contributed by atoms with Gasteiger partial charge in [-0.25, -0.2) is 0 Å². The summed E-state index contributed by atoms with van der Waals surface area (Å²) in [6.07, 6.45) is 0. The second kappa shape index (κ2) is 13.2. The number of rotatable bonds is 6. The van der Waals surface area contributed by atoms with Crippen molar-refractivity contribution >= 4 is 99.5 Å². The van der Waals surface area contributed by atoms with Gasteiger partial charge in [-0.05, 0) is 166 Å². The summed E-state index contributed by atoms with van der Waals surface area (Å²) in [5, 5.41) is 9.28. The molecule has 2 aromatic heterocycles. The molecule has 4 nitrogen and oxygen atoms in total.